The van der Waals surface area contributed by atoms with Crippen molar-refractivity contribution >= 4 is 5.97 Å². The lowest BCUT2D eigenvalue weighted by atomic mass is 9.47. The molecule has 4 nitrogen and oxygen atoms in total. The predicted octanol–water partition coefficient (Wildman–Crippen LogP) is 2.16. The van der Waals surface area contributed by atoms with Gasteiger partial charge >= 0.3 is 5.97 Å². The summed E-state index contributed by atoms with van der Waals surface area (Å²) in [5, 5.41) is 19.3. The summed E-state index contributed by atoms with van der Waals surface area (Å²) in [5.74, 6) is 0.875. The van der Waals surface area contributed by atoms with Crippen LogP contribution in [0.1, 0.15) is 51.9 Å². The molecule has 0 aromatic rings. The molecule has 0 heterocycles. The summed E-state index contributed by atoms with van der Waals surface area (Å²) in [4.78, 5) is 11.9. The van der Waals surface area contributed by atoms with Gasteiger partial charge in [-0.15, -0.1) is 0 Å². The molecule has 0 aliphatic heterocycles. The Bertz CT molecular complexity index is 425. The lowest BCUT2D eigenvalue weighted by molar-refractivity contribution is -0.177. The van der Waals surface area contributed by atoms with Gasteiger partial charge in [0.2, 0.25) is 0 Å². The van der Waals surface area contributed by atoms with Crippen molar-refractivity contribution in [1.82, 2.24) is 0 Å². The summed E-state index contributed by atoms with van der Waals surface area (Å²) >= 11 is 0. The van der Waals surface area contributed by atoms with Gasteiger partial charge in [-0.05, 0) is 62.7 Å². The van der Waals surface area contributed by atoms with E-state index in [2.05, 4.69) is 0 Å². The summed E-state index contributed by atoms with van der Waals surface area (Å²) in [6.45, 7) is 1.59. The maximum atomic E-state index is 11.9. The fourth-order valence-corrected chi connectivity index (χ4v) is 5.18. The molecular formula is C15H21NO3. The Labute approximate surface area is 113 Å². The van der Waals surface area contributed by atoms with Gasteiger partial charge in [-0.3, -0.25) is 4.79 Å². The van der Waals surface area contributed by atoms with Gasteiger partial charge < -0.3 is 9.84 Å². The summed E-state index contributed by atoms with van der Waals surface area (Å²) in [5.41, 5.74) is -0.601. The minimum Gasteiger partial charge on any atom is -0.447 e. The Balaban J connectivity index is 1.71. The van der Waals surface area contributed by atoms with Crippen LogP contribution in [0.15, 0.2) is 0 Å². The number of aliphatic hydroxyl groups is 1. The molecule has 0 aromatic heterocycles. The maximum absolute atomic E-state index is 11.9. The number of esters is 1. The van der Waals surface area contributed by atoms with Crippen LogP contribution in [0.4, 0.5) is 0 Å². The molecule has 4 bridgehead atoms. The van der Waals surface area contributed by atoms with Crippen LogP contribution in [0, 0.1) is 28.6 Å². The van der Waals surface area contributed by atoms with Crippen molar-refractivity contribution < 1.29 is 14.6 Å². The first-order valence-electron chi connectivity index (χ1n) is 7.24. The molecule has 0 amide bonds. The zero-order valence-electron chi connectivity index (χ0n) is 11.4. The molecule has 0 aromatic carbocycles. The Morgan fingerprint density at radius 1 is 1.42 bits per heavy atom. The number of nitrogens with zero attached hydrogens (tertiary/aromatic N) is 1. The highest BCUT2D eigenvalue weighted by atomic mass is 16.5. The van der Waals surface area contributed by atoms with Crippen molar-refractivity contribution in [2.45, 2.75) is 63.6 Å². The third-order valence-corrected chi connectivity index (χ3v) is 5.16. The summed E-state index contributed by atoms with van der Waals surface area (Å²) in [6, 6.07) is 1.92. The Morgan fingerprint density at radius 3 is 2.58 bits per heavy atom. The molecule has 104 valence electrons. The summed E-state index contributed by atoms with van der Waals surface area (Å²) < 4.78 is 5.09. The highest BCUT2D eigenvalue weighted by Gasteiger charge is 2.57. The van der Waals surface area contributed by atoms with E-state index in [0.29, 0.717) is 18.3 Å². The minimum atomic E-state index is -0.676. The van der Waals surface area contributed by atoms with E-state index in [4.69, 9.17) is 10.00 Å². The number of hydrogen-bond acceptors (Lipinski definition) is 4. The molecule has 0 spiro atoms. The van der Waals surface area contributed by atoms with E-state index in [1.54, 1.807) is 6.92 Å². The maximum Gasteiger partial charge on any atom is 0.307 e. The van der Waals surface area contributed by atoms with E-state index in [9.17, 15) is 9.90 Å². The monoisotopic (exact) mass is 263 g/mol. The third kappa shape index (κ3) is 2.36. The fourth-order valence-electron chi connectivity index (χ4n) is 5.18. The molecule has 0 radical (unpaired) electrons. The second-order valence-corrected chi connectivity index (χ2v) is 7.12. The van der Waals surface area contributed by atoms with E-state index in [-0.39, 0.29) is 11.4 Å². The first-order chi connectivity index (χ1) is 8.92. The number of rotatable bonds is 3. The van der Waals surface area contributed by atoms with E-state index >= 15 is 0 Å². The van der Waals surface area contributed by atoms with Gasteiger partial charge in [0.1, 0.15) is 6.07 Å². The zero-order valence-corrected chi connectivity index (χ0v) is 11.4. The molecule has 4 saturated carbocycles. The van der Waals surface area contributed by atoms with E-state index in [1.165, 1.54) is 6.42 Å². The normalized spacial score (nSPS) is 44.7. The van der Waals surface area contributed by atoms with E-state index in [1.807, 2.05) is 6.07 Å². The zero-order chi connectivity index (χ0) is 13.7. The van der Waals surface area contributed by atoms with Gasteiger partial charge in [-0.1, -0.05) is 0 Å². The van der Waals surface area contributed by atoms with Crippen LogP contribution in [0.2, 0.25) is 0 Å². The van der Waals surface area contributed by atoms with Gasteiger partial charge in [-0.2, -0.15) is 5.26 Å². The van der Waals surface area contributed by atoms with Crippen molar-refractivity contribution in [2.24, 2.45) is 17.3 Å². The van der Waals surface area contributed by atoms with Crippen LogP contribution in [0.5, 0.6) is 0 Å². The molecule has 19 heavy (non-hydrogen) atoms. The predicted molar refractivity (Wildman–Crippen MR) is 67.8 cm³/mol. The second kappa shape index (κ2) is 4.21. The highest BCUT2D eigenvalue weighted by molar-refractivity contribution is 5.71. The quantitative estimate of drug-likeness (QED) is 0.792. The van der Waals surface area contributed by atoms with Crippen molar-refractivity contribution in [3.8, 4) is 6.07 Å². The van der Waals surface area contributed by atoms with Crippen LogP contribution in [0.25, 0.3) is 0 Å². The molecule has 3 atom stereocenters. The number of hydrogen-bond donors (Lipinski definition) is 1. The first-order valence-corrected chi connectivity index (χ1v) is 7.24. The van der Waals surface area contributed by atoms with E-state index < -0.39 is 11.7 Å². The Kier molecular flexibility index (Phi) is 2.86. The average molecular weight is 263 g/mol. The smallest absolute Gasteiger partial charge is 0.307 e. The Morgan fingerprint density at radius 2 is 2.05 bits per heavy atom. The summed E-state index contributed by atoms with van der Waals surface area (Å²) in [7, 11) is 0. The van der Waals surface area contributed by atoms with Gasteiger partial charge in [0.15, 0.2) is 6.10 Å². The molecule has 4 fully saturated rings. The topological polar surface area (TPSA) is 70.3 Å². The molecule has 4 heteroatoms. The number of carbonyl (C=O) groups is 1. The highest BCUT2D eigenvalue weighted by Crippen LogP contribution is 2.62. The molecule has 4 rings (SSSR count). The fraction of sp³-hybridized carbons (Fsp3) is 0.867. The molecule has 0 saturated heterocycles. The SMILES string of the molecule is C[C@@H](C#N)OC(=O)CC12C[C@@H]3C[C@H](CC(O)(C3)C1)C2. The third-order valence-electron chi connectivity index (χ3n) is 5.16. The molecule has 4 aliphatic carbocycles. The number of ether oxygens (including phenoxy) is 1. The molecule has 4 aliphatic rings. The van der Waals surface area contributed by atoms with Crippen molar-refractivity contribution in [1.29, 1.82) is 5.26 Å². The van der Waals surface area contributed by atoms with Gasteiger partial charge in [-0.25, -0.2) is 0 Å². The van der Waals surface area contributed by atoms with Crippen LogP contribution >= 0.6 is 0 Å². The van der Waals surface area contributed by atoms with Gasteiger partial charge in [0.25, 0.3) is 0 Å². The van der Waals surface area contributed by atoms with Gasteiger partial charge in [0, 0.05) is 0 Å². The van der Waals surface area contributed by atoms with Crippen molar-refractivity contribution in [3.05, 3.63) is 0 Å². The van der Waals surface area contributed by atoms with Crippen LogP contribution in [-0.4, -0.2) is 22.8 Å². The first kappa shape index (κ1) is 12.9. The lowest BCUT2D eigenvalue weighted by Crippen LogP contribution is -2.56. The molecular weight excluding hydrogens is 242 g/mol. The van der Waals surface area contributed by atoms with Crippen molar-refractivity contribution in [3.63, 3.8) is 0 Å². The molecule has 1 N–H and O–H groups in total. The second-order valence-electron chi connectivity index (χ2n) is 7.12. The van der Waals surface area contributed by atoms with Crippen molar-refractivity contribution in [2.75, 3.05) is 0 Å². The van der Waals surface area contributed by atoms with Crippen LogP contribution in [-0.2, 0) is 9.53 Å². The van der Waals surface area contributed by atoms with Crippen LogP contribution < -0.4 is 0 Å². The Hall–Kier alpha value is -1.08. The number of carbonyl (C=O) groups excluding carboxylic acids is 1. The standard InChI is InChI=1S/C15H21NO3/c1-10(8-16)19-13(17)7-14-3-11-2-12(4-14)6-15(18,5-11)9-14/h10-12,18H,2-7,9H2,1H3/t10-,11-,12-,14?,15?/m0/s1. The van der Waals surface area contributed by atoms with Crippen LogP contribution in [0.3, 0.4) is 0 Å². The van der Waals surface area contributed by atoms with E-state index in [0.717, 1.165) is 32.1 Å². The average Bonchev–Trinajstić information content (AvgIpc) is 2.23. The largest absolute Gasteiger partial charge is 0.447 e. The lowest BCUT2D eigenvalue weighted by Gasteiger charge is -2.60. The molecule has 0 unspecified atom stereocenters. The van der Waals surface area contributed by atoms with Gasteiger partial charge in [0.05, 0.1) is 12.0 Å². The number of nitriles is 1. The minimum absolute atomic E-state index is 0.0644. The summed E-state index contributed by atoms with van der Waals surface area (Å²) in [6.07, 6.45) is 5.56.